The van der Waals surface area contributed by atoms with Crippen LogP contribution in [-0.2, 0) is 6.54 Å². The standard InChI is InChI=1S/C25H21BrF3N5O3/c1-32-7-9-33(10-8-32)19-20(22(36)21(19)35)34(17-4-2-3-16(26)12-17)13-15-6-5-14(11-18(15)27)24-30-31-25(37-24)23(28)29/h2-6,11-12,23H,7-10,13H2,1H3. The normalized spacial score (nSPS) is 14.6. The first-order valence-electron chi connectivity index (χ1n) is 11.4. The molecule has 0 spiro atoms. The highest BCUT2D eigenvalue weighted by Crippen LogP contribution is 2.35. The van der Waals surface area contributed by atoms with E-state index in [1.54, 1.807) is 23.1 Å². The molecule has 0 unspecified atom stereocenters. The Bertz CT molecular complexity index is 1510. The number of aromatic nitrogens is 2. The zero-order chi connectivity index (χ0) is 26.3. The SMILES string of the molecule is CN1CCN(c2c(N(Cc3ccc(-c4nnc(C(F)F)o4)cc3F)c3cccc(Br)c3)c(=O)c2=O)CC1. The molecule has 8 nitrogen and oxygen atoms in total. The molecule has 0 saturated carbocycles. The number of rotatable bonds is 7. The van der Waals surface area contributed by atoms with Gasteiger partial charge in [0.05, 0.1) is 6.54 Å². The lowest BCUT2D eigenvalue weighted by Gasteiger charge is -2.37. The van der Waals surface area contributed by atoms with Gasteiger partial charge in [0.15, 0.2) is 0 Å². The van der Waals surface area contributed by atoms with E-state index in [1.165, 1.54) is 12.1 Å². The van der Waals surface area contributed by atoms with Crippen LogP contribution in [0.25, 0.3) is 11.5 Å². The molecule has 5 rings (SSSR count). The lowest BCUT2D eigenvalue weighted by Crippen LogP contribution is -2.51. The summed E-state index contributed by atoms with van der Waals surface area (Å²) >= 11 is 3.43. The van der Waals surface area contributed by atoms with Crippen LogP contribution in [0.5, 0.6) is 0 Å². The third-order valence-electron chi connectivity index (χ3n) is 6.33. The Labute approximate surface area is 217 Å². The summed E-state index contributed by atoms with van der Waals surface area (Å²) in [5.74, 6) is -1.74. The van der Waals surface area contributed by atoms with E-state index < -0.39 is 29.0 Å². The van der Waals surface area contributed by atoms with Gasteiger partial charge in [-0.3, -0.25) is 9.59 Å². The molecule has 3 aromatic carbocycles. The van der Waals surface area contributed by atoms with Crippen molar-refractivity contribution < 1.29 is 17.6 Å². The molecule has 1 saturated heterocycles. The second-order valence-corrected chi connectivity index (χ2v) is 9.68. The fraction of sp³-hybridized carbons (Fsp3) is 0.280. The van der Waals surface area contributed by atoms with E-state index in [1.807, 2.05) is 18.0 Å². The van der Waals surface area contributed by atoms with Crippen LogP contribution in [0.15, 0.2) is 60.9 Å². The number of nitrogens with zero attached hydrogens (tertiary/aromatic N) is 5. The fourth-order valence-corrected chi connectivity index (χ4v) is 4.69. The molecule has 2 heterocycles. The molecule has 1 aliphatic heterocycles. The predicted octanol–water partition coefficient (Wildman–Crippen LogP) is 4.26. The second-order valence-electron chi connectivity index (χ2n) is 8.76. The van der Waals surface area contributed by atoms with Gasteiger partial charge in [-0.15, -0.1) is 10.2 Å². The van der Waals surface area contributed by atoms with Crippen molar-refractivity contribution in [2.75, 3.05) is 43.0 Å². The minimum absolute atomic E-state index is 0.0553. The van der Waals surface area contributed by atoms with E-state index in [0.717, 1.165) is 23.6 Å². The van der Waals surface area contributed by atoms with Gasteiger partial charge in [0.2, 0.25) is 5.89 Å². The number of piperazine rings is 1. The van der Waals surface area contributed by atoms with Gasteiger partial charge >= 0.3 is 6.43 Å². The minimum atomic E-state index is -2.94. The van der Waals surface area contributed by atoms with E-state index in [0.29, 0.717) is 24.5 Å². The Morgan fingerprint density at radius 3 is 2.46 bits per heavy atom. The molecule has 1 aliphatic rings. The topological polar surface area (TPSA) is 82.8 Å². The molecule has 0 amide bonds. The lowest BCUT2D eigenvalue weighted by molar-refractivity contribution is 0.116. The summed E-state index contributed by atoms with van der Waals surface area (Å²) in [4.78, 5) is 31.2. The van der Waals surface area contributed by atoms with Crippen LogP contribution in [-0.4, -0.2) is 48.3 Å². The minimum Gasteiger partial charge on any atom is -0.415 e. The first kappa shape index (κ1) is 25.2. The van der Waals surface area contributed by atoms with Crippen LogP contribution >= 0.6 is 15.9 Å². The number of anilines is 3. The summed E-state index contributed by atoms with van der Waals surface area (Å²) in [5.41, 5.74) is 0.323. The number of hydrogen-bond acceptors (Lipinski definition) is 8. The Morgan fingerprint density at radius 1 is 1.05 bits per heavy atom. The number of likely N-dealkylation sites (N-methyl/N-ethyl adjacent to an activating group) is 1. The van der Waals surface area contributed by atoms with Gasteiger partial charge < -0.3 is 19.1 Å². The summed E-state index contributed by atoms with van der Waals surface area (Å²) in [6, 6.07) is 11.2. The average molecular weight is 576 g/mol. The second kappa shape index (κ2) is 10.1. The van der Waals surface area contributed by atoms with Gasteiger partial charge in [-0.1, -0.05) is 28.1 Å². The van der Waals surface area contributed by atoms with Crippen molar-refractivity contribution in [2.24, 2.45) is 0 Å². The molecule has 0 atom stereocenters. The number of hydrogen-bond donors (Lipinski definition) is 0. The van der Waals surface area contributed by atoms with Gasteiger partial charge in [0.25, 0.3) is 16.7 Å². The Hall–Kier alpha value is -3.51. The van der Waals surface area contributed by atoms with Crippen LogP contribution in [0.1, 0.15) is 17.9 Å². The third-order valence-corrected chi connectivity index (χ3v) is 6.82. The summed E-state index contributed by atoms with van der Waals surface area (Å²) in [6.45, 7) is 2.62. The van der Waals surface area contributed by atoms with Crippen molar-refractivity contribution in [1.29, 1.82) is 0 Å². The highest BCUT2D eigenvalue weighted by atomic mass is 79.9. The lowest BCUT2D eigenvalue weighted by atomic mass is 10.1. The van der Waals surface area contributed by atoms with Crippen molar-refractivity contribution in [3.8, 4) is 11.5 Å². The molecular formula is C25H21BrF3N5O3. The van der Waals surface area contributed by atoms with Gasteiger partial charge in [0, 0.05) is 47.5 Å². The molecule has 1 fully saturated rings. The third kappa shape index (κ3) is 4.90. The summed E-state index contributed by atoms with van der Waals surface area (Å²) < 4.78 is 46.5. The molecular weight excluding hydrogens is 555 g/mol. The van der Waals surface area contributed by atoms with Crippen LogP contribution in [0.2, 0.25) is 0 Å². The summed E-state index contributed by atoms with van der Waals surface area (Å²) in [7, 11) is 1.99. The molecule has 0 N–H and O–H groups in total. The van der Waals surface area contributed by atoms with E-state index in [-0.39, 0.29) is 29.2 Å². The zero-order valence-corrected chi connectivity index (χ0v) is 21.2. The highest BCUT2D eigenvalue weighted by molar-refractivity contribution is 9.10. The smallest absolute Gasteiger partial charge is 0.314 e. The maximum Gasteiger partial charge on any atom is 0.314 e. The molecule has 0 aliphatic carbocycles. The largest absolute Gasteiger partial charge is 0.415 e. The van der Waals surface area contributed by atoms with Crippen molar-refractivity contribution >= 4 is 33.0 Å². The quantitative estimate of drug-likeness (QED) is 0.302. The molecule has 37 heavy (non-hydrogen) atoms. The van der Waals surface area contributed by atoms with Crippen molar-refractivity contribution in [3.63, 3.8) is 0 Å². The molecule has 4 aromatic rings. The first-order valence-corrected chi connectivity index (χ1v) is 12.2. The summed E-state index contributed by atoms with van der Waals surface area (Å²) in [5, 5.41) is 6.83. The maximum absolute atomic E-state index is 15.3. The number of alkyl halides is 2. The van der Waals surface area contributed by atoms with Gasteiger partial charge in [-0.25, -0.2) is 4.39 Å². The van der Waals surface area contributed by atoms with Crippen molar-refractivity contribution in [1.82, 2.24) is 15.1 Å². The van der Waals surface area contributed by atoms with E-state index in [9.17, 15) is 18.4 Å². The van der Waals surface area contributed by atoms with Crippen LogP contribution in [0, 0.1) is 5.82 Å². The molecule has 0 radical (unpaired) electrons. The number of halogens is 4. The molecule has 12 heteroatoms. The summed E-state index contributed by atoms with van der Waals surface area (Å²) in [6.07, 6.45) is -2.94. The molecule has 1 aromatic heterocycles. The zero-order valence-electron chi connectivity index (χ0n) is 19.6. The van der Waals surface area contributed by atoms with Crippen molar-refractivity contribution in [3.05, 3.63) is 84.7 Å². The van der Waals surface area contributed by atoms with Gasteiger partial charge in [0.1, 0.15) is 17.2 Å². The molecule has 192 valence electrons. The Kier molecular flexibility index (Phi) is 6.86. The first-order chi connectivity index (χ1) is 17.7. The van der Waals surface area contributed by atoms with E-state index in [4.69, 9.17) is 4.42 Å². The monoisotopic (exact) mass is 575 g/mol. The van der Waals surface area contributed by atoms with Crippen LogP contribution in [0.4, 0.5) is 30.2 Å². The van der Waals surface area contributed by atoms with E-state index in [2.05, 4.69) is 31.0 Å². The van der Waals surface area contributed by atoms with E-state index >= 15 is 4.39 Å². The van der Waals surface area contributed by atoms with Gasteiger partial charge in [-0.05, 0) is 37.4 Å². The maximum atomic E-state index is 15.3. The van der Waals surface area contributed by atoms with Gasteiger partial charge in [-0.2, -0.15) is 8.78 Å². The van der Waals surface area contributed by atoms with Crippen LogP contribution in [0.3, 0.4) is 0 Å². The highest BCUT2D eigenvalue weighted by Gasteiger charge is 2.32. The Morgan fingerprint density at radius 2 is 1.81 bits per heavy atom. The fourth-order valence-electron chi connectivity index (χ4n) is 4.30. The average Bonchev–Trinajstić information content (AvgIpc) is 3.38. The predicted molar refractivity (Wildman–Crippen MR) is 136 cm³/mol. The Balaban J connectivity index is 1.51. The van der Waals surface area contributed by atoms with Crippen LogP contribution < -0.4 is 20.7 Å². The number of benzene rings is 2. The van der Waals surface area contributed by atoms with Crippen molar-refractivity contribution in [2.45, 2.75) is 13.0 Å². The molecule has 0 bridgehead atoms.